The highest BCUT2D eigenvalue weighted by atomic mass is 16.3. The maximum atomic E-state index is 8.42. The predicted octanol–water partition coefficient (Wildman–Crippen LogP) is 4.55. The largest absolute Gasteiger partial charge is 0.441 e. The van der Waals surface area contributed by atoms with Crippen LogP contribution >= 0.6 is 0 Å². The molecule has 0 saturated heterocycles. The first kappa shape index (κ1) is 12.3. The van der Waals surface area contributed by atoms with E-state index >= 15 is 0 Å². The molecule has 0 aliphatic heterocycles. The number of rotatable bonds is 4. The molecule has 0 N–H and O–H groups in total. The van der Waals surface area contributed by atoms with Crippen LogP contribution in [0, 0.1) is 0 Å². The summed E-state index contributed by atoms with van der Waals surface area (Å²) in [5.74, 6) is 0.696. The van der Waals surface area contributed by atoms with Crippen LogP contribution in [0.25, 0.3) is 21.5 Å². The molecule has 3 rings (SSSR count). The number of benzene rings is 2. The van der Waals surface area contributed by atoms with Gasteiger partial charge in [0.25, 0.3) is 0 Å². The lowest BCUT2D eigenvalue weighted by Crippen LogP contribution is -1.90. The van der Waals surface area contributed by atoms with Crippen LogP contribution in [0.3, 0.4) is 0 Å². The van der Waals surface area contributed by atoms with E-state index in [-0.39, 0.29) is 0 Å². The number of nitrogens with zero attached hydrogens (tertiary/aromatic N) is 4. The molecule has 0 spiro atoms. The summed E-state index contributed by atoms with van der Waals surface area (Å²) in [5.41, 5.74) is 11.7. The van der Waals surface area contributed by atoms with Gasteiger partial charge in [0.15, 0.2) is 11.5 Å². The normalized spacial score (nSPS) is 10.4. The Labute approximate surface area is 115 Å². The average Bonchev–Trinajstić information content (AvgIpc) is 2.89. The van der Waals surface area contributed by atoms with Crippen molar-refractivity contribution in [3.63, 3.8) is 0 Å². The fraction of sp³-hybridized carbons (Fsp3) is 0.133. The third-order valence-corrected chi connectivity index (χ3v) is 3.05. The second-order valence-corrected chi connectivity index (χ2v) is 4.43. The quantitative estimate of drug-likeness (QED) is 0.393. The maximum absolute atomic E-state index is 8.42. The van der Waals surface area contributed by atoms with Gasteiger partial charge >= 0.3 is 0 Å². The molecule has 0 bridgehead atoms. The monoisotopic (exact) mass is 264 g/mol. The SMILES string of the molecule is [N-]=[N+]=Nc1ccc2oc(CCc3ccccc3)nc2c1. The average molecular weight is 264 g/mol. The molecule has 0 fully saturated rings. The zero-order valence-electron chi connectivity index (χ0n) is 10.7. The van der Waals surface area contributed by atoms with E-state index in [2.05, 4.69) is 27.1 Å². The Morgan fingerprint density at radius 1 is 1.10 bits per heavy atom. The van der Waals surface area contributed by atoms with Crippen LogP contribution in [-0.2, 0) is 12.8 Å². The molecule has 20 heavy (non-hydrogen) atoms. The number of aryl methyl sites for hydroxylation is 2. The van der Waals surface area contributed by atoms with Gasteiger partial charge < -0.3 is 4.42 Å². The number of oxazole rings is 1. The molecule has 0 unspecified atom stereocenters. The first-order chi connectivity index (χ1) is 9.85. The Kier molecular flexibility index (Phi) is 3.35. The number of hydrogen-bond acceptors (Lipinski definition) is 3. The van der Waals surface area contributed by atoms with Crippen molar-refractivity contribution >= 4 is 16.8 Å². The highest BCUT2D eigenvalue weighted by Gasteiger charge is 2.06. The van der Waals surface area contributed by atoms with E-state index in [0.717, 1.165) is 18.4 Å². The minimum atomic E-state index is 0.544. The molecule has 5 heteroatoms. The molecule has 2 aromatic carbocycles. The van der Waals surface area contributed by atoms with E-state index in [4.69, 9.17) is 9.95 Å². The molecule has 0 amide bonds. The van der Waals surface area contributed by atoms with E-state index < -0.39 is 0 Å². The molecule has 0 aliphatic rings. The molecule has 1 heterocycles. The standard InChI is InChI=1S/C15H12N4O/c16-19-18-12-7-8-14-13(10-12)17-15(20-14)9-6-11-4-2-1-3-5-11/h1-5,7-8,10H,6,9H2. The Morgan fingerprint density at radius 2 is 1.95 bits per heavy atom. The molecule has 0 atom stereocenters. The van der Waals surface area contributed by atoms with Gasteiger partial charge in [-0.15, -0.1) is 0 Å². The van der Waals surface area contributed by atoms with Crippen LogP contribution in [0.5, 0.6) is 0 Å². The lowest BCUT2D eigenvalue weighted by Gasteiger charge is -1.96. The number of fused-ring (bicyclic) bond motifs is 1. The molecule has 5 nitrogen and oxygen atoms in total. The summed E-state index contributed by atoms with van der Waals surface area (Å²) < 4.78 is 5.68. The molecule has 3 aromatic rings. The van der Waals surface area contributed by atoms with E-state index in [1.807, 2.05) is 18.2 Å². The molecule has 0 saturated carbocycles. The van der Waals surface area contributed by atoms with Gasteiger partial charge in [-0.05, 0) is 35.7 Å². The Balaban J connectivity index is 1.80. The summed E-state index contributed by atoms with van der Waals surface area (Å²) in [6, 6.07) is 15.4. The van der Waals surface area contributed by atoms with Crippen molar-refractivity contribution in [3.05, 3.63) is 70.4 Å². The van der Waals surface area contributed by atoms with Gasteiger partial charge in [0.2, 0.25) is 0 Å². The summed E-state index contributed by atoms with van der Waals surface area (Å²) in [6.45, 7) is 0. The summed E-state index contributed by atoms with van der Waals surface area (Å²) in [4.78, 5) is 7.18. The van der Waals surface area contributed by atoms with Gasteiger partial charge in [0.05, 0.1) is 0 Å². The number of aromatic nitrogens is 1. The van der Waals surface area contributed by atoms with Crippen molar-refractivity contribution < 1.29 is 4.42 Å². The van der Waals surface area contributed by atoms with E-state index in [9.17, 15) is 0 Å². The summed E-state index contributed by atoms with van der Waals surface area (Å²) in [5, 5.41) is 3.56. The van der Waals surface area contributed by atoms with Crippen molar-refractivity contribution in [3.8, 4) is 0 Å². The summed E-state index contributed by atoms with van der Waals surface area (Å²) in [6.07, 6.45) is 1.63. The lowest BCUT2D eigenvalue weighted by molar-refractivity contribution is 0.528. The minimum Gasteiger partial charge on any atom is -0.441 e. The van der Waals surface area contributed by atoms with E-state index in [0.29, 0.717) is 17.2 Å². The topological polar surface area (TPSA) is 74.8 Å². The molecule has 98 valence electrons. The Hall–Kier alpha value is -2.78. The predicted molar refractivity (Wildman–Crippen MR) is 76.7 cm³/mol. The number of azide groups is 1. The van der Waals surface area contributed by atoms with Gasteiger partial charge in [-0.3, -0.25) is 0 Å². The first-order valence-electron chi connectivity index (χ1n) is 6.33. The molecule has 0 radical (unpaired) electrons. The van der Waals surface area contributed by atoms with Crippen LogP contribution in [0.4, 0.5) is 5.69 Å². The van der Waals surface area contributed by atoms with Gasteiger partial charge in [-0.2, -0.15) is 0 Å². The van der Waals surface area contributed by atoms with E-state index in [1.165, 1.54) is 5.56 Å². The second kappa shape index (κ2) is 5.47. The van der Waals surface area contributed by atoms with Crippen LogP contribution < -0.4 is 0 Å². The maximum Gasteiger partial charge on any atom is 0.195 e. The van der Waals surface area contributed by atoms with Crippen molar-refractivity contribution in [1.82, 2.24) is 4.98 Å². The summed E-state index contributed by atoms with van der Waals surface area (Å²) in [7, 11) is 0. The third kappa shape index (κ3) is 2.63. The third-order valence-electron chi connectivity index (χ3n) is 3.05. The van der Waals surface area contributed by atoms with Crippen molar-refractivity contribution in [2.45, 2.75) is 12.8 Å². The fourth-order valence-corrected chi connectivity index (χ4v) is 2.08. The van der Waals surface area contributed by atoms with Crippen LogP contribution in [0.15, 0.2) is 58.1 Å². The summed E-state index contributed by atoms with van der Waals surface area (Å²) >= 11 is 0. The van der Waals surface area contributed by atoms with Gasteiger partial charge in [-0.25, -0.2) is 4.98 Å². The van der Waals surface area contributed by atoms with Gasteiger partial charge in [-0.1, -0.05) is 35.4 Å². The molecule has 0 aliphatic carbocycles. The molecular formula is C15H12N4O. The van der Waals surface area contributed by atoms with Gasteiger partial charge in [0.1, 0.15) is 5.52 Å². The second-order valence-electron chi connectivity index (χ2n) is 4.43. The smallest absolute Gasteiger partial charge is 0.195 e. The zero-order valence-corrected chi connectivity index (χ0v) is 10.7. The first-order valence-corrected chi connectivity index (χ1v) is 6.33. The van der Waals surface area contributed by atoms with Gasteiger partial charge in [0, 0.05) is 17.0 Å². The highest BCUT2D eigenvalue weighted by molar-refractivity contribution is 5.76. The highest BCUT2D eigenvalue weighted by Crippen LogP contribution is 2.22. The lowest BCUT2D eigenvalue weighted by atomic mass is 10.1. The van der Waals surface area contributed by atoms with Crippen LogP contribution in [0.2, 0.25) is 0 Å². The van der Waals surface area contributed by atoms with Crippen molar-refractivity contribution in [2.75, 3.05) is 0 Å². The van der Waals surface area contributed by atoms with Crippen LogP contribution in [0.1, 0.15) is 11.5 Å². The zero-order chi connectivity index (χ0) is 13.8. The van der Waals surface area contributed by atoms with Crippen molar-refractivity contribution in [1.29, 1.82) is 0 Å². The van der Waals surface area contributed by atoms with Crippen molar-refractivity contribution in [2.24, 2.45) is 5.11 Å². The Morgan fingerprint density at radius 3 is 2.75 bits per heavy atom. The number of hydrogen-bond donors (Lipinski definition) is 0. The van der Waals surface area contributed by atoms with E-state index in [1.54, 1.807) is 18.2 Å². The molecule has 1 aromatic heterocycles. The minimum absolute atomic E-state index is 0.544. The Bertz CT molecular complexity index is 773. The fourth-order valence-electron chi connectivity index (χ4n) is 2.08. The molecular weight excluding hydrogens is 252 g/mol. The van der Waals surface area contributed by atoms with Crippen LogP contribution in [-0.4, -0.2) is 4.98 Å².